The molecule has 2 aromatic rings. The maximum absolute atomic E-state index is 12.9. The number of hydrogen-bond donors (Lipinski definition) is 2. The third-order valence-electron chi connectivity index (χ3n) is 5.94. The number of rotatable bonds is 5. The number of anilines is 1. The smallest absolute Gasteiger partial charge is 0.338 e. The zero-order valence-electron chi connectivity index (χ0n) is 18.3. The van der Waals surface area contributed by atoms with E-state index in [1.807, 2.05) is 0 Å². The molecule has 4 amide bonds. The number of nitrogens with one attached hydrogen (secondary N) is 2. The molecule has 0 unspecified atom stereocenters. The summed E-state index contributed by atoms with van der Waals surface area (Å²) in [4.78, 5) is 63.3. The van der Waals surface area contributed by atoms with Crippen LogP contribution in [0.1, 0.15) is 33.6 Å². The van der Waals surface area contributed by atoms with Crippen molar-refractivity contribution in [2.75, 3.05) is 11.5 Å². The lowest BCUT2D eigenvalue weighted by atomic mass is 9.80. The van der Waals surface area contributed by atoms with E-state index in [1.165, 1.54) is 24.3 Å². The fourth-order valence-corrected chi connectivity index (χ4v) is 4.75. The second-order valence-corrected chi connectivity index (χ2v) is 9.34. The minimum atomic E-state index is -0.838. The molecule has 0 radical (unpaired) electrons. The number of hydrazine groups is 1. The Bertz CT molecular complexity index is 1150. The summed E-state index contributed by atoms with van der Waals surface area (Å²) >= 11 is 12.4. The monoisotopic (exact) mass is 517 g/mol. The number of fused-ring (bicyclic) bond motifs is 1. The van der Waals surface area contributed by atoms with Crippen LogP contribution in [-0.4, -0.2) is 47.0 Å². The van der Waals surface area contributed by atoms with E-state index in [0.717, 1.165) is 4.90 Å². The molecule has 2 N–H and O–H groups in total. The number of alkyl halides is 2. The molecular weight excluding hydrogens is 497 g/mol. The number of imide groups is 1. The molecule has 0 spiro atoms. The van der Waals surface area contributed by atoms with Gasteiger partial charge in [-0.3, -0.25) is 34.9 Å². The SMILES string of the molecule is O=C(COC(=O)c1cccc(N2C(=O)[C@H]3C[C@@H](Cl)[C@@H](Cl)C[C@H]3C2=O)c1)NNC(=O)c1ccccc1. The van der Waals surface area contributed by atoms with Gasteiger partial charge in [0.25, 0.3) is 11.8 Å². The number of benzene rings is 2. The average molecular weight is 518 g/mol. The standard InChI is InChI=1S/C24H21Cl2N3O6/c25-18-10-16-17(11-19(18)26)23(33)29(22(16)32)15-8-4-7-14(9-15)24(34)35-12-20(30)27-28-21(31)13-5-2-1-3-6-13/h1-9,16-19H,10-12H2,(H,27,30)(H,28,31)/t16-,17+,18+,19-. The van der Waals surface area contributed by atoms with Gasteiger partial charge in [0.1, 0.15) is 0 Å². The molecule has 2 aromatic carbocycles. The van der Waals surface area contributed by atoms with Crippen molar-refractivity contribution in [3.63, 3.8) is 0 Å². The van der Waals surface area contributed by atoms with E-state index in [1.54, 1.807) is 30.3 Å². The molecule has 11 heteroatoms. The summed E-state index contributed by atoms with van der Waals surface area (Å²) in [5.41, 5.74) is 4.99. The van der Waals surface area contributed by atoms with Gasteiger partial charge < -0.3 is 4.74 Å². The predicted octanol–water partition coefficient (Wildman–Crippen LogP) is 2.42. The lowest BCUT2D eigenvalue weighted by Crippen LogP contribution is -2.43. The Morgan fingerprint density at radius 1 is 0.857 bits per heavy atom. The molecule has 2 aliphatic rings. The van der Waals surface area contributed by atoms with E-state index in [9.17, 15) is 24.0 Å². The van der Waals surface area contributed by atoms with Crippen molar-refractivity contribution in [2.45, 2.75) is 23.6 Å². The molecule has 1 saturated heterocycles. The van der Waals surface area contributed by atoms with Gasteiger partial charge in [-0.1, -0.05) is 24.3 Å². The molecule has 1 aliphatic carbocycles. The second kappa shape index (κ2) is 10.5. The maximum Gasteiger partial charge on any atom is 0.338 e. The van der Waals surface area contributed by atoms with Gasteiger partial charge in [-0.15, -0.1) is 23.2 Å². The fourth-order valence-electron chi connectivity index (χ4n) is 4.16. The van der Waals surface area contributed by atoms with E-state index in [2.05, 4.69) is 10.9 Å². The molecule has 4 rings (SSSR count). The van der Waals surface area contributed by atoms with E-state index in [-0.39, 0.29) is 23.1 Å². The summed E-state index contributed by atoms with van der Waals surface area (Å²) in [6.45, 7) is -0.655. The molecule has 1 aliphatic heterocycles. The van der Waals surface area contributed by atoms with Crippen molar-refractivity contribution in [1.82, 2.24) is 10.9 Å². The molecule has 1 heterocycles. The lowest BCUT2D eigenvalue weighted by molar-refractivity contribution is -0.125. The molecular formula is C24H21Cl2N3O6. The highest BCUT2D eigenvalue weighted by molar-refractivity contribution is 6.31. The van der Waals surface area contributed by atoms with Gasteiger partial charge in [0.15, 0.2) is 6.61 Å². The summed E-state index contributed by atoms with van der Waals surface area (Å²) in [6.07, 6.45) is 0.609. The van der Waals surface area contributed by atoms with Crippen molar-refractivity contribution in [3.05, 3.63) is 65.7 Å². The van der Waals surface area contributed by atoms with Crippen LogP contribution >= 0.6 is 23.2 Å². The third-order valence-corrected chi connectivity index (χ3v) is 7.03. The van der Waals surface area contributed by atoms with Crippen LogP contribution in [0.25, 0.3) is 0 Å². The maximum atomic E-state index is 12.9. The molecule has 0 bridgehead atoms. The number of carbonyl (C=O) groups excluding carboxylic acids is 5. The minimum absolute atomic E-state index is 0.0459. The summed E-state index contributed by atoms with van der Waals surface area (Å²) in [7, 11) is 0. The largest absolute Gasteiger partial charge is 0.452 e. The Balaban J connectivity index is 1.35. The highest BCUT2D eigenvalue weighted by Crippen LogP contribution is 2.43. The predicted molar refractivity (Wildman–Crippen MR) is 127 cm³/mol. The highest BCUT2D eigenvalue weighted by atomic mass is 35.5. The quantitative estimate of drug-likeness (QED) is 0.272. The lowest BCUT2D eigenvalue weighted by Gasteiger charge is -2.28. The van der Waals surface area contributed by atoms with Crippen LogP contribution < -0.4 is 15.8 Å². The topological polar surface area (TPSA) is 122 Å². The number of nitrogens with zero attached hydrogens (tertiary/aromatic N) is 1. The van der Waals surface area contributed by atoms with E-state index in [4.69, 9.17) is 27.9 Å². The molecule has 2 fully saturated rings. The minimum Gasteiger partial charge on any atom is -0.452 e. The van der Waals surface area contributed by atoms with Crippen molar-refractivity contribution >= 4 is 58.5 Å². The molecule has 0 aromatic heterocycles. The molecule has 4 atom stereocenters. The summed E-state index contributed by atoms with van der Waals surface area (Å²) in [5, 5.41) is -0.806. The van der Waals surface area contributed by atoms with E-state index < -0.39 is 47.0 Å². The van der Waals surface area contributed by atoms with Crippen LogP contribution in [0.4, 0.5) is 5.69 Å². The number of amides is 4. The van der Waals surface area contributed by atoms with Crippen molar-refractivity contribution in [1.29, 1.82) is 0 Å². The normalized spacial score (nSPS) is 23.4. The molecule has 182 valence electrons. The third kappa shape index (κ3) is 5.31. The summed E-state index contributed by atoms with van der Waals surface area (Å²) in [5.74, 6) is -3.98. The van der Waals surface area contributed by atoms with Gasteiger partial charge in [0.2, 0.25) is 11.8 Å². The second-order valence-electron chi connectivity index (χ2n) is 8.22. The van der Waals surface area contributed by atoms with Crippen LogP contribution in [0.5, 0.6) is 0 Å². The van der Waals surface area contributed by atoms with Crippen molar-refractivity contribution in [3.8, 4) is 0 Å². The van der Waals surface area contributed by atoms with Crippen molar-refractivity contribution in [2.24, 2.45) is 11.8 Å². The summed E-state index contributed by atoms with van der Waals surface area (Å²) < 4.78 is 5.00. The van der Waals surface area contributed by atoms with Gasteiger partial charge in [-0.25, -0.2) is 4.79 Å². The number of ether oxygens (including phenoxy) is 1. The van der Waals surface area contributed by atoms with Gasteiger partial charge in [0.05, 0.1) is 33.8 Å². The first kappa shape index (κ1) is 24.7. The van der Waals surface area contributed by atoms with Crippen LogP contribution in [-0.2, 0) is 19.1 Å². The Hall–Kier alpha value is -3.43. The Labute approximate surface area is 210 Å². The average Bonchev–Trinajstić information content (AvgIpc) is 3.10. The molecule has 35 heavy (non-hydrogen) atoms. The van der Waals surface area contributed by atoms with Crippen LogP contribution in [0.2, 0.25) is 0 Å². The van der Waals surface area contributed by atoms with E-state index >= 15 is 0 Å². The van der Waals surface area contributed by atoms with E-state index in [0.29, 0.717) is 18.4 Å². The van der Waals surface area contributed by atoms with Crippen LogP contribution in [0.3, 0.4) is 0 Å². The van der Waals surface area contributed by atoms with Gasteiger partial charge >= 0.3 is 5.97 Å². The number of carbonyl (C=O) groups is 5. The zero-order chi connectivity index (χ0) is 25.1. The summed E-state index contributed by atoms with van der Waals surface area (Å²) in [6, 6.07) is 14.1. The Morgan fingerprint density at radius 3 is 2.09 bits per heavy atom. The first-order valence-corrected chi connectivity index (χ1v) is 11.7. The van der Waals surface area contributed by atoms with Gasteiger partial charge in [-0.2, -0.15) is 0 Å². The van der Waals surface area contributed by atoms with Crippen LogP contribution in [0.15, 0.2) is 54.6 Å². The number of hydrogen-bond acceptors (Lipinski definition) is 6. The first-order chi connectivity index (χ1) is 16.8. The highest BCUT2D eigenvalue weighted by Gasteiger charge is 2.52. The number of esters is 1. The fraction of sp³-hybridized carbons (Fsp3) is 0.292. The van der Waals surface area contributed by atoms with Crippen molar-refractivity contribution < 1.29 is 28.7 Å². The number of halogens is 2. The first-order valence-electron chi connectivity index (χ1n) is 10.8. The van der Waals surface area contributed by atoms with Crippen LogP contribution in [0, 0.1) is 11.8 Å². The zero-order valence-corrected chi connectivity index (χ0v) is 19.8. The van der Waals surface area contributed by atoms with Gasteiger partial charge in [-0.05, 0) is 43.2 Å². The molecule has 9 nitrogen and oxygen atoms in total. The van der Waals surface area contributed by atoms with Gasteiger partial charge in [0, 0.05) is 5.56 Å². The Kier molecular flexibility index (Phi) is 7.37. The Morgan fingerprint density at radius 2 is 1.46 bits per heavy atom. The molecule has 1 saturated carbocycles.